The first-order chi connectivity index (χ1) is 8.70. The van der Waals surface area contributed by atoms with Gasteiger partial charge < -0.3 is 14.2 Å². The maximum atomic E-state index is 11.9. The highest BCUT2D eigenvalue weighted by molar-refractivity contribution is 5.81. The number of fused-ring (bicyclic) bond motifs is 1. The molecule has 0 atom stereocenters. The van der Waals surface area contributed by atoms with Gasteiger partial charge in [-0.05, 0) is 6.92 Å². The van der Waals surface area contributed by atoms with Crippen LogP contribution >= 0.6 is 0 Å². The van der Waals surface area contributed by atoms with E-state index in [1.807, 2.05) is 10.8 Å². The Hall–Kier alpha value is -1.85. The highest BCUT2D eigenvalue weighted by Gasteiger charge is 2.21. The fraction of sp³-hybridized carbons (Fsp3) is 0.583. The highest BCUT2D eigenvalue weighted by atomic mass is 16.5. The third kappa shape index (κ3) is 2.88. The van der Waals surface area contributed by atoms with Gasteiger partial charge in [0.2, 0.25) is 5.91 Å². The Kier molecular flexibility index (Phi) is 3.96. The summed E-state index contributed by atoms with van der Waals surface area (Å²) in [6.07, 6.45) is 4.01. The Morgan fingerprint density at radius 1 is 1.39 bits per heavy atom. The molecule has 6 nitrogen and oxygen atoms in total. The van der Waals surface area contributed by atoms with Crippen LogP contribution in [0.2, 0.25) is 0 Å². The SMILES string of the molecule is CCOC(=O)CCC(=O)N1CCn2ccnc2C1. The molecule has 6 heteroatoms. The number of aromatic nitrogens is 2. The van der Waals surface area contributed by atoms with Crippen LogP contribution in [0.3, 0.4) is 0 Å². The zero-order valence-corrected chi connectivity index (χ0v) is 10.5. The van der Waals surface area contributed by atoms with Gasteiger partial charge in [0.25, 0.3) is 0 Å². The molecule has 0 N–H and O–H groups in total. The van der Waals surface area contributed by atoms with Gasteiger partial charge in [-0.25, -0.2) is 4.98 Å². The van der Waals surface area contributed by atoms with E-state index in [4.69, 9.17) is 4.74 Å². The van der Waals surface area contributed by atoms with Gasteiger partial charge in [-0.15, -0.1) is 0 Å². The lowest BCUT2D eigenvalue weighted by molar-refractivity contribution is -0.146. The maximum absolute atomic E-state index is 11.9. The molecule has 1 aromatic heterocycles. The fourth-order valence-corrected chi connectivity index (χ4v) is 1.99. The molecule has 1 aliphatic heterocycles. The van der Waals surface area contributed by atoms with Crippen molar-refractivity contribution < 1.29 is 14.3 Å². The van der Waals surface area contributed by atoms with E-state index in [9.17, 15) is 9.59 Å². The normalized spacial score (nSPS) is 14.2. The summed E-state index contributed by atoms with van der Waals surface area (Å²) in [6, 6.07) is 0. The third-order valence-electron chi connectivity index (χ3n) is 2.95. The van der Waals surface area contributed by atoms with Crippen molar-refractivity contribution in [3.8, 4) is 0 Å². The van der Waals surface area contributed by atoms with E-state index in [-0.39, 0.29) is 24.7 Å². The number of rotatable bonds is 4. The Labute approximate surface area is 106 Å². The number of amides is 1. The average molecular weight is 251 g/mol. The summed E-state index contributed by atoms with van der Waals surface area (Å²) >= 11 is 0. The lowest BCUT2D eigenvalue weighted by atomic mass is 10.2. The smallest absolute Gasteiger partial charge is 0.306 e. The van der Waals surface area contributed by atoms with Gasteiger partial charge in [0, 0.05) is 31.9 Å². The molecule has 0 aliphatic carbocycles. The molecule has 0 bridgehead atoms. The van der Waals surface area contributed by atoms with Gasteiger partial charge in [-0.3, -0.25) is 9.59 Å². The van der Waals surface area contributed by atoms with E-state index in [1.54, 1.807) is 18.0 Å². The van der Waals surface area contributed by atoms with E-state index >= 15 is 0 Å². The number of nitrogens with zero attached hydrogens (tertiary/aromatic N) is 3. The van der Waals surface area contributed by atoms with Crippen molar-refractivity contribution in [2.24, 2.45) is 0 Å². The monoisotopic (exact) mass is 251 g/mol. The van der Waals surface area contributed by atoms with Crippen molar-refractivity contribution in [2.45, 2.75) is 32.9 Å². The third-order valence-corrected chi connectivity index (χ3v) is 2.95. The molecule has 0 aromatic carbocycles. The summed E-state index contributed by atoms with van der Waals surface area (Å²) in [5.74, 6) is 0.562. The molecular weight excluding hydrogens is 234 g/mol. The minimum absolute atomic E-state index is 0.0164. The van der Waals surface area contributed by atoms with E-state index in [2.05, 4.69) is 4.98 Å². The lowest BCUT2D eigenvalue weighted by Crippen LogP contribution is -2.38. The number of carbonyl (C=O) groups is 2. The Bertz CT molecular complexity index is 442. The molecule has 98 valence electrons. The van der Waals surface area contributed by atoms with Crippen molar-refractivity contribution in [1.82, 2.24) is 14.5 Å². The Morgan fingerprint density at radius 2 is 2.22 bits per heavy atom. The molecule has 1 amide bonds. The van der Waals surface area contributed by atoms with E-state index in [0.29, 0.717) is 19.7 Å². The summed E-state index contributed by atoms with van der Waals surface area (Å²) < 4.78 is 6.83. The molecule has 0 fully saturated rings. The molecule has 0 saturated heterocycles. The fourth-order valence-electron chi connectivity index (χ4n) is 1.99. The minimum atomic E-state index is -0.315. The molecule has 0 unspecified atom stereocenters. The van der Waals surface area contributed by atoms with Crippen LogP contribution in [-0.2, 0) is 27.4 Å². The molecule has 2 rings (SSSR count). The van der Waals surface area contributed by atoms with E-state index in [1.165, 1.54) is 0 Å². The lowest BCUT2D eigenvalue weighted by Gasteiger charge is -2.27. The number of hydrogen-bond donors (Lipinski definition) is 0. The quantitative estimate of drug-likeness (QED) is 0.734. The van der Waals surface area contributed by atoms with Crippen LogP contribution < -0.4 is 0 Å². The number of carbonyl (C=O) groups excluding carboxylic acids is 2. The van der Waals surface area contributed by atoms with Gasteiger partial charge in [0.1, 0.15) is 5.82 Å². The summed E-state index contributed by atoms with van der Waals surface area (Å²) in [5, 5.41) is 0. The summed E-state index contributed by atoms with van der Waals surface area (Å²) in [4.78, 5) is 29.0. The van der Waals surface area contributed by atoms with Gasteiger partial charge in [0.15, 0.2) is 0 Å². The van der Waals surface area contributed by atoms with Gasteiger partial charge in [-0.2, -0.15) is 0 Å². The summed E-state index contributed by atoms with van der Waals surface area (Å²) in [7, 11) is 0. The molecule has 18 heavy (non-hydrogen) atoms. The van der Waals surface area contributed by atoms with Crippen molar-refractivity contribution >= 4 is 11.9 Å². The Balaban J connectivity index is 1.82. The van der Waals surface area contributed by atoms with E-state index in [0.717, 1.165) is 12.4 Å². The molecule has 2 heterocycles. The number of esters is 1. The molecule has 0 spiro atoms. The largest absolute Gasteiger partial charge is 0.466 e. The Morgan fingerprint density at radius 3 is 3.00 bits per heavy atom. The first kappa shape index (κ1) is 12.6. The molecular formula is C12H17N3O3. The van der Waals surface area contributed by atoms with Crippen molar-refractivity contribution in [2.75, 3.05) is 13.2 Å². The predicted octanol–water partition coefficient (Wildman–Crippen LogP) is 0.569. The molecule has 0 saturated carbocycles. The van der Waals surface area contributed by atoms with Crippen LogP contribution in [0.25, 0.3) is 0 Å². The topological polar surface area (TPSA) is 64.4 Å². The van der Waals surface area contributed by atoms with Crippen LogP contribution in [0.5, 0.6) is 0 Å². The van der Waals surface area contributed by atoms with Crippen molar-refractivity contribution in [3.63, 3.8) is 0 Å². The van der Waals surface area contributed by atoms with Crippen molar-refractivity contribution in [1.29, 1.82) is 0 Å². The number of ether oxygens (including phenoxy) is 1. The van der Waals surface area contributed by atoms with Gasteiger partial charge in [0.05, 0.1) is 19.6 Å². The molecule has 0 radical (unpaired) electrons. The van der Waals surface area contributed by atoms with Gasteiger partial charge >= 0.3 is 5.97 Å². The zero-order chi connectivity index (χ0) is 13.0. The summed E-state index contributed by atoms with van der Waals surface area (Å²) in [5.41, 5.74) is 0. The molecule has 1 aromatic rings. The first-order valence-corrected chi connectivity index (χ1v) is 6.14. The van der Waals surface area contributed by atoms with Crippen LogP contribution in [0.4, 0.5) is 0 Å². The average Bonchev–Trinajstić information content (AvgIpc) is 2.83. The zero-order valence-electron chi connectivity index (χ0n) is 10.5. The maximum Gasteiger partial charge on any atom is 0.306 e. The minimum Gasteiger partial charge on any atom is -0.466 e. The van der Waals surface area contributed by atoms with E-state index < -0.39 is 0 Å². The van der Waals surface area contributed by atoms with Gasteiger partial charge in [-0.1, -0.05) is 0 Å². The summed E-state index contributed by atoms with van der Waals surface area (Å²) in [6.45, 7) is 4.07. The van der Waals surface area contributed by atoms with Crippen LogP contribution in [-0.4, -0.2) is 39.5 Å². The first-order valence-electron chi connectivity index (χ1n) is 6.14. The second-order valence-electron chi connectivity index (χ2n) is 4.16. The number of imidazole rings is 1. The van der Waals surface area contributed by atoms with Crippen LogP contribution in [0, 0.1) is 0 Å². The van der Waals surface area contributed by atoms with Crippen molar-refractivity contribution in [3.05, 3.63) is 18.2 Å². The predicted molar refractivity (Wildman–Crippen MR) is 63.5 cm³/mol. The molecule has 1 aliphatic rings. The number of hydrogen-bond acceptors (Lipinski definition) is 4. The standard InChI is InChI=1S/C12H17N3O3/c1-2-18-12(17)4-3-11(16)15-8-7-14-6-5-13-10(14)9-15/h5-6H,2-4,7-9H2,1H3. The highest BCUT2D eigenvalue weighted by Crippen LogP contribution is 2.12. The van der Waals surface area contributed by atoms with Crippen LogP contribution in [0.1, 0.15) is 25.6 Å². The van der Waals surface area contributed by atoms with Crippen LogP contribution in [0.15, 0.2) is 12.4 Å². The second kappa shape index (κ2) is 5.66. The second-order valence-corrected chi connectivity index (χ2v) is 4.16.